The summed E-state index contributed by atoms with van der Waals surface area (Å²) in [7, 11) is 1.71. The molecule has 0 saturated heterocycles. The fourth-order valence-electron chi connectivity index (χ4n) is 5.68. The number of fused-ring (bicyclic) bond motifs is 1. The van der Waals surface area contributed by atoms with Crippen molar-refractivity contribution < 1.29 is 14.4 Å². The number of Topliss-reactive ketones (excluding diaryl/α,β-unsaturated/α-hetero) is 1. The van der Waals surface area contributed by atoms with E-state index in [4.69, 9.17) is 4.99 Å². The maximum Gasteiger partial charge on any atom is 0.272 e. The highest BCUT2D eigenvalue weighted by Crippen LogP contribution is 2.47. The van der Waals surface area contributed by atoms with Gasteiger partial charge < -0.3 is 10.2 Å². The zero-order valence-electron chi connectivity index (χ0n) is 21.1. The molecule has 0 radical (unpaired) electrons. The lowest BCUT2D eigenvalue weighted by Crippen LogP contribution is -2.52. The highest BCUT2D eigenvalue weighted by Gasteiger charge is 2.49. The molecule has 35 heavy (non-hydrogen) atoms. The number of para-hydroxylation sites is 1. The number of nitrogens with zero attached hydrogens (tertiary/aromatic N) is 2. The van der Waals surface area contributed by atoms with Crippen molar-refractivity contribution in [3.63, 3.8) is 0 Å². The molecule has 2 aromatic rings. The zero-order valence-corrected chi connectivity index (χ0v) is 21.1. The smallest absolute Gasteiger partial charge is 0.272 e. The third-order valence-electron chi connectivity index (χ3n) is 7.56. The topological polar surface area (TPSA) is 78.8 Å². The van der Waals surface area contributed by atoms with Gasteiger partial charge in [0.15, 0.2) is 0 Å². The molecule has 6 heteroatoms. The number of rotatable bonds is 7. The standard InChI is InChI=1S/C29H35N3O3/c1-19(2)18-23(29(20(3)33)16-10-11-17-29)27(34)31-26-28(35)32(4)24-15-9-8-14-22(24)25(30-26)21-12-6-5-7-13-21/h5-9,12-15,19,23,26H,10-11,16-18H2,1-4H3,(H,31,34)/t23-,26?/m0/s1. The van der Waals surface area contributed by atoms with Gasteiger partial charge in [-0.2, -0.15) is 0 Å². The fraction of sp³-hybridized carbons (Fsp3) is 0.448. The Bertz CT molecular complexity index is 1130. The first-order valence-electron chi connectivity index (χ1n) is 12.6. The van der Waals surface area contributed by atoms with Crippen molar-refractivity contribution in [3.05, 3.63) is 65.7 Å². The number of amides is 2. The van der Waals surface area contributed by atoms with E-state index < -0.39 is 17.5 Å². The molecule has 1 unspecified atom stereocenters. The molecule has 0 aromatic heterocycles. The van der Waals surface area contributed by atoms with Gasteiger partial charge in [-0.05, 0) is 38.2 Å². The minimum atomic E-state index is -1.07. The lowest BCUT2D eigenvalue weighted by molar-refractivity contribution is -0.141. The number of carbonyl (C=O) groups excluding carboxylic acids is 3. The van der Waals surface area contributed by atoms with E-state index in [1.807, 2.05) is 54.6 Å². The van der Waals surface area contributed by atoms with Crippen LogP contribution in [0.1, 0.15) is 64.0 Å². The van der Waals surface area contributed by atoms with E-state index >= 15 is 0 Å². The maximum absolute atomic E-state index is 13.8. The Morgan fingerprint density at radius 1 is 1.06 bits per heavy atom. The number of likely N-dealkylation sites (N-methyl/N-ethyl adjacent to an activating group) is 1. The molecule has 0 bridgehead atoms. The lowest BCUT2D eigenvalue weighted by atomic mass is 9.67. The lowest BCUT2D eigenvalue weighted by Gasteiger charge is -2.36. The van der Waals surface area contributed by atoms with Crippen LogP contribution in [-0.2, 0) is 14.4 Å². The summed E-state index contributed by atoms with van der Waals surface area (Å²) in [4.78, 5) is 46.6. The average Bonchev–Trinajstić information content (AvgIpc) is 3.32. The molecule has 184 valence electrons. The van der Waals surface area contributed by atoms with Gasteiger partial charge in [-0.3, -0.25) is 14.4 Å². The number of aliphatic imine (C=N–C) groups is 1. The Balaban J connectivity index is 1.74. The summed E-state index contributed by atoms with van der Waals surface area (Å²) in [6.45, 7) is 5.74. The molecule has 6 nitrogen and oxygen atoms in total. The van der Waals surface area contributed by atoms with Crippen LogP contribution in [0.3, 0.4) is 0 Å². The number of benzodiazepines with no additional fused rings is 1. The summed E-state index contributed by atoms with van der Waals surface area (Å²) in [6.07, 6.45) is 2.84. The Hall–Kier alpha value is -3.28. The monoisotopic (exact) mass is 473 g/mol. The molecule has 1 fully saturated rings. The van der Waals surface area contributed by atoms with Crippen LogP contribution in [0.4, 0.5) is 5.69 Å². The minimum Gasteiger partial charge on any atom is -0.326 e. The first-order valence-corrected chi connectivity index (χ1v) is 12.6. The predicted octanol–water partition coefficient (Wildman–Crippen LogP) is 4.75. The van der Waals surface area contributed by atoms with Gasteiger partial charge in [0.25, 0.3) is 5.91 Å². The average molecular weight is 474 g/mol. The second-order valence-electron chi connectivity index (χ2n) is 10.3. The van der Waals surface area contributed by atoms with E-state index in [1.165, 1.54) is 0 Å². The van der Waals surface area contributed by atoms with Crippen molar-refractivity contribution in [2.24, 2.45) is 22.2 Å². The molecule has 2 amide bonds. The van der Waals surface area contributed by atoms with E-state index in [9.17, 15) is 14.4 Å². The quantitative estimate of drug-likeness (QED) is 0.630. The Morgan fingerprint density at radius 3 is 2.31 bits per heavy atom. The molecule has 0 spiro atoms. The van der Waals surface area contributed by atoms with Crippen LogP contribution in [0.2, 0.25) is 0 Å². The van der Waals surface area contributed by atoms with Gasteiger partial charge in [0.05, 0.1) is 17.3 Å². The van der Waals surface area contributed by atoms with Gasteiger partial charge in [0.1, 0.15) is 5.78 Å². The van der Waals surface area contributed by atoms with E-state index in [1.54, 1.807) is 18.9 Å². The number of ketones is 1. The number of hydrogen-bond acceptors (Lipinski definition) is 4. The normalized spacial score (nSPS) is 20.1. The Morgan fingerprint density at radius 2 is 1.69 bits per heavy atom. The molecule has 2 atom stereocenters. The summed E-state index contributed by atoms with van der Waals surface area (Å²) >= 11 is 0. The van der Waals surface area contributed by atoms with Gasteiger partial charge in [-0.1, -0.05) is 75.2 Å². The number of hydrogen-bond donors (Lipinski definition) is 1. The van der Waals surface area contributed by atoms with Crippen LogP contribution >= 0.6 is 0 Å². The molecule has 2 aromatic carbocycles. The molecule has 1 aliphatic carbocycles. The molecule has 1 saturated carbocycles. The Kier molecular flexibility index (Phi) is 7.20. The van der Waals surface area contributed by atoms with Crippen LogP contribution in [-0.4, -0.2) is 36.5 Å². The summed E-state index contributed by atoms with van der Waals surface area (Å²) < 4.78 is 0. The summed E-state index contributed by atoms with van der Waals surface area (Å²) in [5.41, 5.74) is 2.44. The van der Waals surface area contributed by atoms with Crippen molar-refractivity contribution in [1.29, 1.82) is 0 Å². The number of carbonyl (C=O) groups is 3. The Labute approximate surface area is 207 Å². The molecule has 2 aliphatic rings. The number of anilines is 1. The highest BCUT2D eigenvalue weighted by atomic mass is 16.2. The second kappa shape index (κ2) is 10.1. The highest BCUT2D eigenvalue weighted by molar-refractivity contribution is 6.20. The van der Waals surface area contributed by atoms with Crippen LogP contribution in [0.5, 0.6) is 0 Å². The van der Waals surface area contributed by atoms with Crippen molar-refractivity contribution in [3.8, 4) is 0 Å². The molecule has 1 N–H and O–H groups in total. The maximum atomic E-state index is 13.8. The van der Waals surface area contributed by atoms with Crippen molar-refractivity contribution in [1.82, 2.24) is 5.32 Å². The minimum absolute atomic E-state index is 0.0704. The van der Waals surface area contributed by atoms with Crippen LogP contribution in [0, 0.1) is 17.3 Å². The largest absolute Gasteiger partial charge is 0.326 e. The van der Waals surface area contributed by atoms with E-state index in [2.05, 4.69) is 19.2 Å². The van der Waals surface area contributed by atoms with Crippen molar-refractivity contribution in [2.75, 3.05) is 11.9 Å². The van der Waals surface area contributed by atoms with Gasteiger partial charge >= 0.3 is 0 Å². The van der Waals surface area contributed by atoms with E-state index in [0.29, 0.717) is 12.1 Å². The first kappa shape index (κ1) is 24.8. The summed E-state index contributed by atoms with van der Waals surface area (Å²) in [5, 5.41) is 2.97. The molecule has 1 aliphatic heterocycles. The van der Waals surface area contributed by atoms with Crippen LogP contribution in [0.15, 0.2) is 59.6 Å². The van der Waals surface area contributed by atoms with Gasteiger partial charge in [0.2, 0.25) is 12.1 Å². The van der Waals surface area contributed by atoms with Crippen molar-refractivity contribution in [2.45, 2.75) is 59.0 Å². The second-order valence-corrected chi connectivity index (χ2v) is 10.3. The third-order valence-corrected chi connectivity index (χ3v) is 7.56. The summed E-state index contributed by atoms with van der Waals surface area (Å²) in [6, 6.07) is 17.3. The fourth-order valence-corrected chi connectivity index (χ4v) is 5.68. The number of nitrogens with one attached hydrogen (secondary N) is 1. The van der Waals surface area contributed by atoms with Crippen LogP contribution < -0.4 is 10.2 Å². The zero-order chi connectivity index (χ0) is 25.2. The van der Waals surface area contributed by atoms with Gasteiger partial charge in [-0.15, -0.1) is 0 Å². The van der Waals surface area contributed by atoms with Gasteiger partial charge in [0, 0.05) is 23.6 Å². The molecular formula is C29H35N3O3. The SMILES string of the molecule is CC(=O)C1([C@@H](CC(C)C)C(=O)NC2N=C(c3ccccc3)c3ccccc3N(C)C2=O)CCCC1. The third kappa shape index (κ3) is 4.79. The molecule has 1 heterocycles. The predicted molar refractivity (Wildman–Crippen MR) is 138 cm³/mol. The van der Waals surface area contributed by atoms with Gasteiger partial charge in [-0.25, -0.2) is 4.99 Å². The summed E-state index contributed by atoms with van der Waals surface area (Å²) in [5.74, 6) is -0.738. The van der Waals surface area contributed by atoms with E-state index in [0.717, 1.165) is 42.5 Å². The number of benzene rings is 2. The van der Waals surface area contributed by atoms with Crippen LogP contribution in [0.25, 0.3) is 0 Å². The first-order chi connectivity index (χ1) is 16.7. The van der Waals surface area contributed by atoms with E-state index in [-0.39, 0.29) is 23.5 Å². The molecular weight excluding hydrogens is 438 g/mol. The molecule has 4 rings (SSSR count). The van der Waals surface area contributed by atoms with Crippen molar-refractivity contribution >= 4 is 29.0 Å².